The average molecular weight is 267 g/mol. The molecule has 1 rings (SSSR count). The van der Waals surface area contributed by atoms with E-state index in [4.69, 9.17) is 10.8 Å². The van der Waals surface area contributed by atoms with Crippen molar-refractivity contribution in [2.75, 3.05) is 0 Å². The van der Waals surface area contributed by atoms with Crippen LogP contribution in [0.25, 0.3) is 0 Å². The molecule has 4 heteroatoms. The van der Waals surface area contributed by atoms with Gasteiger partial charge in [0.25, 0.3) is 0 Å². The highest BCUT2D eigenvalue weighted by molar-refractivity contribution is 6.74. The van der Waals surface area contributed by atoms with E-state index in [0.29, 0.717) is 0 Å². The van der Waals surface area contributed by atoms with Crippen LogP contribution in [0.15, 0.2) is 0 Å². The van der Waals surface area contributed by atoms with Gasteiger partial charge in [0.2, 0.25) is 5.91 Å². The zero-order valence-corrected chi connectivity index (χ0v) is 13.3. The van der Waals surface area contributed by atoms with E-state index in [2.05, 4.69) is 52.0 Å². The van der Waals surface area contributed by atoms with Gasteiger partial charge in [-0.05, 0) is 24.6 Å². The maximum Gasteiger partial charge on any atom is 0.229 e. The van der Waals surface area contributed by atoms with Crippen LogP contribution < -0.4 is 5.32 Å². The zero-order valence-electron chi connectivity index (χ0n) is 12.3. The summed E-state index contributed by atoms with van der Waals surface area (Å²) in [4.78, 5) is 11.7. The minimum absolute atomic E-state index is 0.0310. The standard InChI is InChI=1S/C14H25NO2Si/c1-8-10-12(13(16)15-10)11(9-2)17-18(6,7)14(3,4)5/h1,10-12H,9H2,2-7H3,(H,15,16)/t10-,11+,12-/m1/s1. The van der Waals surface area contributed by atoms with E-state index in [1.165, 1.54) is 0 Å². The second-order valence-corrected chi connectivity index (χ2v) is 11.3. The van der Waals surface area contributed by atoms with Gasteiger partial charge in [-0.15, -0.1) is 6.42 Å². The topological polar surface area (TPSA) is 38.3 Å². The Labute approximate surface area is 112 Å². The minimum atomic E-state index is -1.85. The average Bonchev–Trinajstić information content (AvgIpc) is 2.22. The van der Waals surface area contributed by atoms with Gasteiger partial charge in [-0.3, -0.25) is 4.79 Å². The first-order valence-corrected chi connectivity index (χ1v) is 9.49. The van der Waals surface area contributed by atoms with Crippen molar-refractivity contribution in [3.05, 3.63) is 0 Å². The second kappa shape index (κ2) is 5.06. The Morgan fingerprint density at radius 2 is 2.06 bits per heavy atom. The highest BCUT2D eigenvalue weighted by Crippen LogP contribution is 2.39. The third-order valence-corrected chi connectivity index (χ3v) is 8.70. The summed E-state index contributed by atoms with van der Waals surface area (Å²) in [6.45, 7) is 13.1. The fourth-order valence-corrected chi connectivity index (χ4v) is 3.31. The van der Waals surface area contributed by atoms with Crippen LogP contribution in [0, 0.1) is 18.3 Å². The molecule has 102 valence electrons. The van der Waals surface area contributed by atoms with Gasteiger partial charge in [-0.25, -0.2) is 0 Å². The third kappa shape index (κ3) is 2.78. The molecule has 1 amide bonds. The summed E-state index contributed by atoms with van der Waals surface area (Å²) in [5.74, 6) is 2.48. The SMILES string of the molecule is C#C[C@H]1NC(=O)[C@H]1[C@H](CC)O[Si](C)(C)C(C)(C)C. The Hall–Kier alpha value is -0.793. The van der Waals surface area contributed by atoms with Crippen LogP contribution in [-0.4, -0.2) is 26.4 Å². The third-order valence-electron chi connectivity index (χ3n) is 4.19. The Balaban J connectivity index is 2.80. The Bertz CT molecular complexity index is 365. The van der Waals surface area contributed by atoms with Crippen molar-refractivity contribution in [1.29, 1.82) is 0 Å². The first-order valence-electron chi connectivity index (χ1n) is 6.58. The number of carbonyl (C=O) groups is 1. The van der Waals surface area contributed by atoms with Crippen molar-refractivity contribution < 1.29 is 9.22 Å². The van der Waals surface area contributed by atoms with Crippen molar-refractivity contribution in [3.8, 4) is 12.3 Å². The molecule has 0 spiro atoms. The molecule has 0 saturated carbocycles. The Morgan fingerprint density at radius 3 is 2.39 bits per heavy atom. The number of β-lactam (4-membered cyclic amide) rings is 1. The zero-order chi connectivity index (χ0) is 14.1. The van der Waals surface area contributed by atoms with Gasteiger partial charge < -0.3 is 9.74 Å². The van der Waals surface area contributed by atoms with Gasteiger partial charge >= 0.3 is 0 Å². The van der Waals surface area contributed by atoms with E-state index in [1.54, 1.807) is 0 Å². The first kappa shape index (κ1) is 15.3. The summed E-state index contributed by atoms with van der Waals surface area (Å²) in [7, 11) is -1.85. The van der Waals surface area contributed by atoms with Crippen molar-refractivity contribution in [1.82, 2.24) is 5.32 Å². The van der Waals surface area contributed by atoms with Crippen molar-refractivity contribution >= 4 is 14.2 Å². The predicted octanol–water partition coefficient (Wildman–Crippen LogP) is 2.53. The number of terminal acetylenes is 1. The summed E-state index contributed by atoms with van der Waals surface area (Å²) in [6, 6.07) is -0.160. The Kier molecular flexibility index (Phi) is 4.29. The minimum Gasteiger partial charge on any atom is -0.413 e. The lowest BCUT2D eigenvalue weighted by Gasteiger charge is -2.44. The van der Waals surface area contributed by atoms with Crippen LogP contribution in [0.2, 0.25) is 18.1 Å². The van der Waals surface area contributed by atoms with Crippen LogP contribution in [0.4, 0.5) is 0 Å². The van der Waals surface area contributed by atoms with Crippen LogP contribution in [0.3, 0.4) is 0 Å². The molecular formula is C14H25NO2Si. The highest BCUT2D eigenvalue weighted by Gasteiger charge is 2.47. The van der Waals surface area contributed by atoms with E-state index in [0.717, 1.165) is 6.42 Å². The van der Waals surface area contributed by atoms with Crippen LogP contribution in [0.5, 0.6) is 0 Å². The molecule has 0 bridgehead atoms. The quantitative estimate of drug-likeness (QED) is 0.483. The summed E-state index contributed by atoms with van der Waals surface area (Å²) in [5, 5.41) is 2.89. The molecule has 0 aromatic heterocycles. The molecule has 1 heterocycles. The summed E-state index contributed by atoms with van der Waals surface area (Å²) in [6.07, 6.45) is 6.19. The normalized spacial score (nSPS) is 25.9. The molecule has 0 radical (unpaired) electrons. The molecule has 1 fully saturated rings. The molecule has 18 heavy (non-hydrogen) atoms. The van der Waals surface area contributed by atoms with E-state index in [1.807, 2.05) is 0 Å². The number of amides is 1. The fraction of sp³-hybridized carbons (Fsp3) is 0.786. The summed E-state index contributed by atoms with van der Waals surface area (Å²) >= 11 is 0. The molecule has 0 aliphatic carbocycles. The van der Waals surface area contributed by atoms with E-state index < -0.39 is 8.32 Å². The van der Waals surface area contributed by atoms with Gasteiger partial charge in [-0.1, -0.05) is 33.6 Å². The molecule has 1 N–H and O–H groups in total. The van der Waals surface area contributed by atoms with Gasteiger partial charge in [-0.2, -0.15) is 0 Å². The second-order valence-electron chi connectivity index (χ2n) is 6.50. The van der Waals surface area contributed by atoms with Gasteiger partial charge in [0.1, 0.15) is 6.04 Å². The predicted molar refractivity (Wildman–Crippen MR) is 76.6 cm³/mol. The molecule has 1 aliphatic heterocycles. The maximum absolute atomic E-state index is 11.7. The van der Waals surface area contributed by atoms with E-state index in [-0.39, 0.29) is 29.0 Å². The first-order chi connectivity index (χ1) is 8.14. The fourth-order valence-electron chi connectivity index (χ4n) is 1.89. The van der Waals surface area contributed by atoms with Gasteiger partial charge in [0, 0.05) is 0 Å². The summed E-state index contributed by atoms with van der Waals surface area (Å²) < 4.78 is 6.34. The van der Waals surface area contributed by atoms with Crippen molar-refractivity contribution in [2.24, 2.45) is 5.92 Å². The maximum atomic E-state index is 11.7. The summed E-state index contributed by atoms with van der Waals surface area (Å²) in [5.41, 5.74) is 0. The van der Waals surface area contributed by atoms with E-state index >= 15 is 0 Å². The van der Waals surface area contributed by atoms with Crippen molar-refractivity contribution in [2.45, 2.75) is 64.4 Å². The smallest absolute Gasteiger partial charge is 0.229 e. The number of hydrogen-bond acceptors (Lipinski definition) is 2. The lowest BCUT2D eigenvalue weighted by Crippen LogP contribution is -2.63. The molecule has 3 nitrogen and oxygen atoms in total. The molecule has 1 saturated heterocycles. The molecule has 1 aliphatic rings. The molecule has 3 atom stereocenters. The Morgan fingerprint density at radius 1 is 1.50 bits per heavy atom. The van der Waals surface area contributed by atoms with Crippen LogP contribution in [0.1, 0.15) is 34.1 Å². The van der Waals surface area contributed by atoms with Crippen molar-refractivity contribution in [3.63, 3.8) is 0 Å². The van der Waals surface area contributed by atoms with Gasteiger partial charge in [0.05, 0.1) is 12.0 Å². The molecular weight excluding hydrogens is 242 g/mol. The largest absolute Gasteiger partial charge is 0.413 e. The van der Waals surface area contributed by atoms with E-state index in [9.17, 15) is 4.79 Å². The number of nitrogens with one attached hydrogen (secondary N) is 1. The van der Waals surface area contributed by atoms with Gasteiger partial charge in [0.15, 0.2) is 8.32 Å². The molecule has 0 aromatic carbocycles. The lowest BCUT2D eigenvalue weighted by atomic mass is 9.85. The number of carbonyl (C=O) groups excluding carboxylic acids is 1. The van der Waals surface area contributed by atoms with Crippen LogP contribution in [-0.2, 0) is 9.22 Å². The molecule has 0 aromatic rings. The number of hydrogen-bond donors (Lipinski definition) is 1. The highest BCUT2D eigenvalue weighted by atomic mass is 28.4. The van der Waals surface area contributed by atoms with Crippen LogP contribution >= 0.6 is 0 Å². The molecule has 0 unspecified atom stereocenters. The monoisotopic (exact) mass is 267 g/mol. The lowest BCUT2D eigenvalue weighted by molar-refractivity contribution is -0.138. The number of rotatable bonds is 4.